The average molecular weight is 201 g/mol. The molecule has 4 nitrogen and oxygen atoms in total. The Morgan fingerprint density at radius 3 is 2.33 bits per heavy atom. The van der Waals surface area contributed by atoms with Crippen molar-refractivity contribution in [2.45, 2.75) is 0 Å². The zero-order chi connectivity index (χ0) is 10.4. The normalized spacial score (nSPS) is 8.60. The van der Waals surface area contributed by atoms with Gasteiger partial charge in [-0.2, -0.15) is 0 Å². The van der Waals surface area contributed by atoms with Crippen LogP contribution in [0.5, 0.6) is 0 Å². The minimum absolute atomic E-state index is 0. The van der Waals surface area contributed by atoms with Gasteiger partial charge in [0.2, 0.25) is 0 Å². The maximum Gasteiger partial charge on any atom is 0.344 e. The Morgan fingerprint density at radius 1 is 1.20 bits per heavy atom. The van der Waals surface area contributed by atoms with Crippen LogP contribution in [0.4, 0.5) is 0 Å². The Bertz CT molecular complexity index is 323. The third kappa shape index (κ3) is 4.68. The van der Waals surface area contributed by atoms with Crippen LogP contribution in [0, 0.1) is 0 Å². The van der Waals surface area contributed by atoms with Gasteiger partial charge in [-0.15, -0.1) is 0 Å². The molecule has 0 saturated heterocycles. The second kappa shape index (κ2) is 7.10. The molecule has 0 N–H and O–H groups in total. The van der Waals surface area contributed by atoms with Gasteiger partial charge in [-0.25, -0.2) is 9.59 Å². The maximum absolute atomic E-state index is 11.2. The van der Waals surface area contributed by atoms with Gasteiger partial charge in [0.1, 0.15) is 0 Å². The molecule has 1 aromatic carbocycles. The summed E-state index contributed by atoms with van der Waals surface area (Å²) in [7, 11) is 1.23. The Kier molecular flexibility index (Phi) is 6.51. The molecule has 0 aromatic heterocycles. The molecule has 0 fully saturated rings. The van der Waals surface area contributed by atoms with Crippen LogP contribution in [0.1, 0.15) is 10.4 Å². The van der Waals surface area contributed by atoms with Crippen LogP contribution in [0.3, 0.4) is 0 Å². The standard InChI is InChI=1S/C10H10O4.Li/c1-13-9(11)7-14-10(12)8-5-3-2-4-6-8;/h2-6H,7H2,1H3;. The zero-order valence-electron chi connectivity index (χ0n) is 8.73. The second-order valence-electron chi connectivity index (χ2n) is 2.52. The number of hydrogen-bond donors (Lipinski definition) is 0. The number of hydrogen-bond acceptors (Lipinski definition) is 4. The van der Waals surface area contributed by atoms with Gasteiger partial charge in [-0.1, -0.05) is 18.2 Å². The molecule has 0 amide bonds. The third-order valence-corrected chi connectivity index (χ3v) is 1.56. The van der Waals surface area contributed by atoms with Gasteiger partial charge in [0.25, 0.3) is 0 Å². The van der Waals surface area contributed by atoms with Gasteiger partial charge in [-0.3, -0.25) is 0 Å². The summed E-state index contributed by atoms with van der Waals surface area (Å²) in [6.45, 7) is -0.357. The van der Waals surface area contributed by atoms with Gasteiger partial charge < -0.3 is 9.47 Å². The SMILES string of the molecule is COC(=O)COC(=O)c1ccccc1.[Li]. The first-order valence-corrected chi connectivity index (χ1v) is 4.03. The van der Waals surface area contributed by atoms with Crippen molar-refractivity contribution in [2.24, 2.45) is 0 Å². The van der Waals surface area contributed by atoms with Crippen LogP contribution in [-0.2, 0) is 14.3 Å². The summed E-state index contributed by atoms with van der Waals surface area (Å²) < 4.78 is 8.99. The number of rotatable bonds is 3. The molecule has 0 aliphatic carbocycles. The van der Waals surface area contributed by atoms with Gasteiger partial charge >= 0.3 is 11.9 Å². The van der Waals surface area contributed by atoms with E-state index < -0.39 is 11.9 Å². The Hall–Kier alpha value is -1.24. The zero-order valence-corrected chi connectivity index (χ0v) is 8.73. The first kappa shape index (κ1) is 13.8. The first-order valence-electron chi connectivity index (χ1n) is 4.03. The van der Waals surface area contributed by atoms with E-state index in [1.54, 1.807) is 30.3 Å². The molecule has 5 heteroatoms. The minimum atomic E-state index is -0.575. The van der Waals surface area contributed by atoms with Gasteiger partial charge in [-0.05, 0) is 12.1 Å². The predicted octanol–water partition coefficient (Wildman–Crippen LogP) is 0.636. The van der Waals surface area contributed by atoms with E-state index in [2.05, 4.69) is 9.47 Å². The monoisotopic (exact) mass is 201 g/mol. The molecule has 0 unspecified atom stereocenters. The van der Waals surface area contributed by atoms with Crippen molar-refractivity contribution >= 4 is 30.8 Å². The van der Waals surface area contributed by atoms with Gasteiger partial charge in [0, 0.05) is 18.9 Å². The van der Waals surface area contributed by atoms with E-state index in [-0.39, 0.29) is 25.5 Å². The van der Waals surface area contributed by atoms with Crippen molar-refractivity contribution < 1.29 is 19.1 Å². The smallest absolute Gasteiger partial charge is 0.344 e. The molecule has 0 heterocycles. The molecule has 1 radical (unpaired) electrons. The van der Waals surface area contributed by atoms with Crippen molar-refractivity contribution in [1.82, 2.24) is 0 Å². The van der Waals surface area contributed by atoms with E-state index in [9.17, 15) is 9.59 Å². The van der Waals surface area contributed by atoms with Crippen LogP contribution in [-0.4, -0.2) is 44.5 Å². The predicted molar refractivity (Wildman–Crippen MR) is 54.5 cm³/mol. The molecule has 75 valence electrons. The number of esters is 2. The minimum Gasteiger partial charge on any atom is -0.466 e. The van der Waals surface area contributed by atoms with E-state index in [1.807, 2.05) is 0 Å². The fourth-order valence-corrected chi connectivity index (χ4v) is 0.841. The van der Waals surface area contributed by atoms with E-state index in [1.165, 1.54) is 7.11 Å². The largest absolute Gasteiger partial charge is 0.466 e. The van der Waals surface area contributed by atoms with Crippen LogP contribution in [0.2, 0.25) is 0 Å². The molecule has 0 spiro atoms. The molecule has 0 saturated carbocycles. The molecule has 1 aromatic rings. The van der Waals surface area contributed by atoms with E-state index in [0.29, 0.717) is 5.56 Å². The molecule has 0 bridgehead atoms. The number of benzene rings is 1. The maximum atomic E-state index is 11.2. The molecular weight excluding hydrogens is 191 g/mol. The molecule has 0 aliphatic heterocycles. The number of carbonyl (C=O) groups is 2. The number of carbonyl (C=O) groups excluding carboxylic acids is 2. The van der Waals surface area contributed by atoms with Crippen LogP contribution in [0.15, 0.2) is 30.3 Å². The van der Waals surface area contributed by atoms with Crippen molar-refractivity contribution in [3.05, 3.63) is 35.9 Å². The van der Waals surface area contributed by atoms with Crippen LogP contribution in [0.25, 0.3) is 0 Å². The summed E-state index contributed by atoms with van der Waals surface area (Å²) in [5.41, 5.74) is 0.413. The second-order valence-corrected chi connectivity index (χ2v) is 2.52. The van der Waals surface area contributed by atoms with Crippen molar-refractivity contribution in [3.8, 4) is 0 Å². The quantitative estimate of drug-likeness (QED) is 0.531. The molecule has 0 atom stereocenters. The van der Waals surface area contributed by atoms with Crippen LogP contribution < -0.4 is 0 Å². The van der Waals surface area contributed by atoms with Gasteiger partial charge in [0.15, 0.2) is 6.61 Å². The fourth-order valence-electron chi connectivity index (χ4n) is 0.841. The first-order chi connectivity index (χ1) is 6.74. The summed E-state index contributed by atoms with van der Waals surface area (Å²) >= 11 is 0. The van der Waals surface area contributed by atoms with Crippen LogP contribution >= 0.6 is 0 Å². The summed E-state index contributed by atoms with van der Waals surface area (Å²) in [5, 5.41) is 0. The Morgan fingerprint density at radius 2 is 1.80 bits per heavy atom. The summed E-state index contributed by atoms with van der Waals surface area (Å²) in [6.07, 6.45) is 0. The average Bonchev–Trinajstić information content (AvgIpc) is 2.26. The topological polar surface area (TPSA) is 52.6 Å². The number of methoxy groups -OCH3 is 1. The van der Waals surface area contributed by atoms with Crippen molar-refractivity contribution in [3.63, 3.8) is 0 Å². The van der Waals surface area contributed by atoms with E-state index >= 15 is 0 Å². The fraction of sp³-hybridized carbons (Fsp3) is 0.200. The summed E-state index contributed by atoms with van der Waals surface area (Å²) in [4.78, 5) is 21.9. The third-order valence-electron chi connectivity index (χ3n) is 1.56. The number of ether oxygens (including phenoxy) is 2. The Labute approximate surface area is 99.7 Å². The summed E-state index contributed by atoms with van der Waals surface area (Å²) in [6, 6.07) is 8.44. The van der Waals surface area contributed by atoms with Gasteiger partial charge in [0.05, 0.1) is 12.7 Å². The molecule has 1 rings (SSSR count). The molecular formula is C10H10LiO4. The van der Waals surface area contributed by atoms with Crippen molar-refractivity contribution in [2.75, 3.05) is 13.7 Å². The molecule has 0 aliphatic rings. The van der Waals surface area contributed by atoms with E-state index in [4.69, 9.17) is 0 Å². The Balaban J connectivity index is 0.00000196. The summed E-state index contributed by atoms with van der Waals surface area (Å²) in [5.74, 6) is -1.11. The molecule has 15 heavy (non-hydrogen) atoms. The van der Waals surface area contributed by atoms with E-state index in [0.717, 1.165) is 0 Å². The van der Waals surface area contributed by atoms with Crippen molar-refractivity contribution in [1.29, 1.82) is 0 Å².